The van der Waals surface area contributed by atoms with Crippen molar-refractivity contribution in [3.05, 3.63) is 0 Å². The van der Waals surface area contributed by atoms with Gasteiger partial charge in [-0.25, -0.2) is 4.79 Å². The van der Waals surface area contributed by atoms with Crippen LogP contribution in [0.1, 0.15) is 29.1 Å². The third-order valence-corrected chi connectivity index (χ3v) is 1.89. The van der Waals surface area contributed by atoms with Crippen molar-refractivity contribution in [3.63, 3.8) is 0 Å². The molecule has 0 aromatic carbocycles. The Labute approximate surface area is 87.0 Å². The molecule has 1 aliphatic heterocycles. The molecule has 0 bridgehead atoms. The van der Waals surface area contributed by atoms with Crippen molar-refractivity contribution in [2.45, 2.75) is 39.3 Å². The lowest BCUT2D eigenvalue weighted by atomic mass is 10.2. The topological polar surface area (TPSA) is 41.6 Å². The van der Waals surface area contributed by atoms with E-state index in [1.54, 1.807) is 11.8 Å². The summed E-state index contributed by atoms with van der Waals surface area (Å²) < 4.78 is 13.1. The fraction of sp³-hybridized carbons (Fsp3) is 0.900. The second-order valence-electron chi connectivity index (χ2n) is 4.61. The minimum atomic E-state index is -0.769. The van der Waals surface area contributed by atoms with Crippen LogP contribution in [0.15, 0.2) is 0 Å². The van der Waals surface area contributed by atoms with Gasteiger partial charge in [-0.15, -0.1) is 0 Å². The van der Waals surface area contributed by atoms with Gasteiger partial charge in [-0.1, -0.05) is 0 Å². The van der Waals surface area contributed by atoms with Crippen molar-refractivity contribution >= 4 is 6.09 Å². The highest BCUT2D eigenvalue weighted by molar-refractivity contribution is 5.68. The van der Waals surface area contributed by atoms with E-state index >= 15 is 0 Å². The number of rotatable bonds is 0. The summed E-state index contributed by atoms with van der Waals surface area (Å²) in [5.41, 5.74) is -0.472. The van der Waals surface area contributed by atoms with Crippen LogP contribution in [-0.4, -0.2) is 42.2 Å². The highest BCUT2D eigenvalue weighted by Crippen LogP contribution is 2.11. The molecule has 14 heavy (non-hydrogen) atoms. The number of carbonyl (C=O) groups excluding carboxylic acids is 1. The first-order chi connectivity index (χ1) is 6.70. The molecule has 0 aromatic heterocycles. The molecule has 1 N–H and O–H groups in total. The number of nitrogens with one attached hydrogen (secondary N) is 1. The van der Waals surface area contributed by atoms with Crippen molar-refractivity contribution in [1.29, 1.82) is 0 Å². The summed E-state index contributed by atoms with van der Waals surface area (Å²) in [6.45, 7) is 8.88. The van der Waals surface area contributed by atoms with Crippen LogP contribution in [-0.2, 0) is 4.74 Å². The van der Waals surface area contributed by atoms with Gasteiger partial charge in [0.25, 0.3) is 0 Å². The van der Waals surface area contributed by atoms with E-state index in [9.17, 15) is 4.79 Å². The molecule has 1 fully saturated rings. The molecule has 1 rings (SSSR count). The van der Waals surface area contributed by atoms with Crippen LogP contribution >= 0.6 is 0 Å². The van der Waals surface area contributed by atoms with Crippen LogP contribution in [0.5, 0.6) is 0 Å². The molecule has 1 aliphatic rings. The van der Waals surface area contributed by atoms with Crippen molar-refractivity contribution in [2.75, 3.05) is 19.6 Å². The number of hydrogen-bond acceptors (Lipinski definition) is 3. The van der Waals surface area contributed by atoms with Gasteiger partial charge in [-0.05, 0) is 27.7 Å². The van der Waals surface area contributed by atoms with Crippen LogP contribution < -0.4 is 5.32 Å². The number of piperazine rings is 1. The molecule has 1 saturated heterocycles. The van der Waals surface area contributed by atoms with Crippen molar-refractivity contribution in [3.8, 4) is 0 Å². The van der Waals surface area contributed by atoms with E-state index in [4.69, 9.17) is 6.11 Å². The zero-order valence-corrected chi connectivity index (χ0v) is 9.39. The summed E-state index contributed by atoms with van der Waals surface area (Å²) in [4.78, 5) is 13.3. The molecule has 0 aliphatic carbocycles. The molecule has 1 atom stereocenters. The maximum atomic E-state index is 11.7. The second-order valence-corrected chi connectivity index (χ2v) is 4.61. The lowest BCUT2D eigenvalue weighted by Crippen LogP contribution is -2.52. The van der Waals surface area contributed by atoms with Gasteiger partial charge in [-0.3, -0.25) is 0 Å². The standard InChI is InChI=1S/C10H20N2O2/c1-8-7-12(6-5-11-8)9(13)14-10(2,3)4/h8,11H,5-7H2,1-4H3/t8-/m0/s1/i8D. The van der Waals surface area contributed by atoms with E-state index in [0.717, 1.165) is 0 Å². The molecular weight excluding hydrogens is 180 g/mol. The maximum Gasteiger partial charge on any atom is 0.410 e. The van der Waals surface area contributed by atoms with Crippen molar-refractivity contribution in [1.82, 2.24) is 10.2 Å². The van der Waals surface area contributed by atoms with Gasteiger partial charge in [0, 0.05) is 27.0 Å². The van der Waals surface area contributed by atoms with Crippen LogP contribution in [0, 0.1) is 0 Å². The highest BCUT2D eigenvalue weighted by atomic mass is 16.6. The Kier molecular flexibility index (Phi) is 2.91. The van der Waals surface area contributed by atoms with Crippen molar-refractivity contribution in [2.24, 2.45) is 0 Å². The number of ether oxygens (including phenoxy) is 1. The predicted molar refractivity (Wildman–Crippen MR) is 55.3 cm³/mol. The molecule has 0 aromatic rings. The Morgan fingerprint density at radius 1 is 1.64 bits per heavy atom. The average Bonchev–Trinajstić information content (AvgIpc) is 1.99. The molecule has 0 unspecified atom stereocenters. The van der Waals surface area contributed by atoms with Crippen LogP contribution in [0.4, 0.5) is 4.79 Å². The quantitative estimate of drug-likeness (QED) is 0.640. The monoisotopic (exact) mass is 201 g/mol. The molecule has 1 heterocycles. The van der Waals surface area contributed by atoms with Gasteiger partial charge in [0.15, 0.2) is 0 Å². The molecule has 4 heteroatoms. The molecule has 0 radical (unpaired) electrons. The lowest BCUT2D eigenvalue weighted by Gasteiger charge is -2.33. The minimum absolute atomic E-state index is 0.331. The van der Waals surface area contributed by atoms with E-state index in [-0.39, 0.29) is 6.09 Å². The summed E-state index contributed by atoms with van der Waals surface area (Å²) in [5.74, 6) is 0. The molecule has 1 amide bonds. The Morgan fingerprint density at radius 3 is 2.79 bits per heavy atom. The fourth-order valence-corrected chi connectivity index (χ4v) is 1.31. The summed E-state index contributed by atoms with van der Waals surface area (Å²) in [5, 5.41) is 3.02. The second kappa shape index (κ2) is 4.17. The molecule has 0 spiro atoms. The normalized spacial score (nSPS) is 29.7. The number of amides is 1. The summed E-state index contributed by atoms with van der Waals surface area (Å²) in [7, 11) is 0. The van der Waals surface area contributed by atoms with Gasteiger partial charge in [0.05, 0.1) is 0 Å². The van der Waals surface area contributed by atoms with Gasteiger partial charge in [-0.2, -0.15) is 0 Å². The van der Waals surface area contributed by atoms with E-state index in [1.807, 2.05) is 20.8 Å². The van der Waals surface area contributed by atoms with Crippen LogP contribution in [0.25, 0.3) is 0 Å². The fourth-order valence-electron chi connectivity index (χ4n) is 1.31. The minimum Gasteiger partial charge on any atom is -0.444 e. The smallest absolute Gasteiger partial charge is 0.410 e. The molecular formula is C10H20N2O2. The Morgan fingerprint density at radius 2 is 2.29 bits per heavy atom. The van der Waals surface area contributed by atoms with Crippen LogP contribution in [0.3, 0.4) is 0 Å². The van der Waals surface area contributed by atoms with Gasteiger partial charge >= 0.3 is 6.09 Å². The Balaban J connectivity index is 2.53. The Bertz CT molecular complexity index is 248. The van der Waals surface area contributed by atoms with Crippen LogP contribution in [0.2, 0.25) is 0 Å². The molecule has 82 valence electrons. The molecule has 4 nitrogen and oxygen atoms in total. The van der Waals surface area contributed by atoms with Gasteiger partial charge in [0.2, 0.25) is 0 Å². The van der Waals surface area contributed by atoms with E-state index in [1.165, 1.54) is 0 Å². The highest BCUT2D eigenvalue weighted by Gasteiger charge is 2.25. The van der Waals surface area contributed by atoms with E-state index in [0.29, 0.717) is 19.6 Å². The van der Waals surface area contributed by atoms with E-state index < -0.39 is 11.6 Å². The first-order valence-electron chi connectivity index (χ1n) is 5.43. The SMILES string of the molecule is [2H][C@]1(C)CN(C(=O)OC(C)(C)C)CCN1. The Hall–Kier alpha value is -0.770. The number of carbonyl (C=O) groups is 1. The summed E-state index contributed by atoms with van der Waals surface area (Å²) in [6.07, 6.45) is -0.331. The number of nitrogens with zero attached hydrogens (tertiary/aromatic N) is 1. The van der Waals surface area contributed by atoms with E-state index in [2.05, 4.69) is 5.32 Å². The first-order valence-corrected chi connectivity index (χ1v) is 4.93. The summed E-state index contributed by atoms with van der Waals surface area (Å²) in [6, 6.07) is -0.769. The number of hydrogen-bond donors (Lipinski definition) is 1. The largest absolute Gasteiger partial charge is 0.444 e. The predicted octanol–water partition coefficient (Wildman–Crippen LogP) is 1.22. The lowest BCUT2D eigenvalue weighted by molar-refractivity contribution is 0.0201. The zero-order chi connectivity index (χ0) is 11.7. The van der Waals surface area contributed by atoms with Crippen molar-refractivity contribution < 1.29 is 10.9 Å². The molecule has 0 saturated carbocycles. The maximum absolute atomic E-state index is 11.7. The first kappa shape index (κ1) is 9.77. The average molecular weight is 201 g/mol. The van der Waals surface area contributed by atoms with Gasteiger partial charge < -0.3 is 15.0 Å². The zero-order valence-electron chi connectivity index (χ0n) is 10.4. The third kappa shape index (κ3) is 3.54. The third-order valence-electron chi connectivity index (χ3n) is 1.89. The summed E-state index contributed by atoms with van der Waals surface area (Å²) >= 11 is 0. The van der Waals surface area contributed by atoms with Gasteiger partial charge in [0.1, 0.15) is 5.60 Å².